The van der Waals surface area contributed by atoms with E-state index in [9.17, 15) is 14.4 Å². The van der Waals surface area contributed by atoms with E-state index < -0.39 is 12.0 Å². The lowest BCUT2D eigenvalue weighted by molar-refractivity contribution is -0.154. The molecular formula is C20H28N2O5. The summed E-state index contributed by atoms with van der Waals surface area (Å²) in [5, 5.41) is 2.96. The van der Waals surface area contributed by atoms with Crippen LogP contribution in [0.4, 0.5) is 0 Å². The Morgan fingerprint density at radius 1 is 1.07 bits per heavy atom. The van der Waals surface area contributed by atoms with E-state index in [1.165, 1.54) is 24.0 Å². The van der Waals surface area contributed by atoms with Gasteiger partial charge >= 0.3 is 5.97 Å². The average Bonchev–Trinajstić information content (AvgIpc) is 3.11. The third-order valence-corrected chi connectivity index (χ3v) is 5.33. The molecule has 0 bridgehead atoms. The number of amides is 2. The summed E-state index contributed by atoms with van der Waals surface area (Å²) in [6.45, 7) is 0.183. The Morgan fingerprint density at radius 3 is 2.52 bits per heavy atom. The number of esters is 1. The number of carbonyl (C=O) groups is 3. The second kappa shape index (κ2) is 9.58. The van der Waals surface area contributed by atoms with Crippen molar-refractivity contribution in [3.63, 3.8) is 0 Å². The van der Waals surface area contributed by atoms with Gasteiger partial charge in [0.15, 0.2) is 12.4 Å². The highest BCUT2D eigenvalue weighted by Crippen LogP contribution is 2.21. The van der Waals surface area contributed by atoms with Crippen molar-refractivity contribution >= 4 is 17.8 Å². The lowest BCUT2D eigenvalue weighted by Crippen LogP contribution is -2.49. The summed E-state index contributed by atoms with van der Waals surface area (Å²) in [7, 11) is 0. The number of piperidine rings is 1. The maximum absolute atomic E-state index is 12.6. The number of rotatable bonds is 5. The summed E-state index contributed by atoms with van der Waals surface area (Å²) in [5.41, 5.74) is 0. The molecule has 7 heteroatoms. The summed E-state index contributed by atoms with van der Waals surface area (Å²) >= 11 is 0. The average molecular weight is 376 g/mol. The smallest absolute Gasteiger partial charge is 0.329 e. The molecule has 148 valence electrons. The predicted octanol–water partition coefficient (Wildman–Crippen LogP) is 2.66. The molecule has 1 saturated carbocycles. The van der Waals surface area contributed by atoms with Crippen LogP contribution in [-0.2, 0) is 14.3 Å². The summed E-state index contributed by atoms with van der Waals surface area (Å²) < 4.78 is 10.4. The van der Waals surface area contributed by atoms with Crippen LogP contribution in [0.1, 0.15) is 68.3 Å². The van der Waals surface area contributed by atoms with Gasteiger partial charge in [0, 0.05) is 12.6 Å². The van der Waals surface area contributed by atoms with E-state index in [1.54, 1.807) is 12.1 Å². The summed E-state index contributed by atoms with van der Waals surface area (Å²) in [4.78, 5) is 38.7. The van der Waals surface area contributed by atoms with Gasteiger partial charge in [-0.2, -0.15) is 0 Å². The number of hydrogen-bond donors (Lipinski definition) is 1. The zero-order valence-electron chi connectivity index (χ0n) is 15.7. The second-order valence-electron chi connectivity index (χ2n) is 7.35. The predicted molar refractivity (Wildman–Crippen MR) is 98.0 cm³/mol. The molecule has 0 spiro atoms. The first kappa shape index (κ1) is 19.5. The van der Waals surface area contributed by atoms with Gasteiger partial charge in [-0.1, -0.05) is 25.7 Å². The van der Waals surface area contributed by atoms with Gasteiger partial charge in [-0.3, -0.25) is 9.59 Å². The maximum atomic E-state index is 12.6. The molecule has 1 unspecified atom stereocenters. The topological polar surface area (TPSA) is 88.9 Å². The number of ether oxygens (including phenoxy) is 1. The molecule has 2 fully saturated rings. The zero-order chi connectivity index (χ0) is 19.1. The number of furan rings is 1. The third-order valence-electron chi connectivity index (χ3n) is 5.33. The summed E-state index contributed by atoms with van der Waals surface area (Å²) in [6.07, 6.45) is 10.3. The molecule has 1 aromatic rings. The van der Waals surface area contributed by atoms with Crippen molar-refractivity contribution in [2.75, 3.05) is 13.2 Å². The molecule has 1 atom stereocenters. The van der Waals surface area contributed by atoms with Gasteiger partial charge in [0.1, 0.15) is 6.04 Å². The molecule has 1 aliphatic heterocycles. The molecule has 0 aromatic carbocycles. The third kappa shape index (κ3) is 5.34. The van der Waals surface area contributed by atoms with Gasteiger partial charge in [0.2, 0.25) is 0 Å². The van der Waals surface area contributed by atoms with Crippen LogP contribution in [0.5, 0.6) is 0 Å². The Morgan fingerprint density at radius 2 is 1.81 bits per heavy atom. The van der Waals surface area contributed by atoms with Crippen molar-refractivity contribution in [3.8, 4) is 0 Å². The first-order valence-electron chi connectivity index (χ1n) is 9.95. The first-order valence-corrected chi connectivity index (χ1v) is 9.95. The van der Waals surface area contributed by atoms with Crippen LogP contribution in [0, 0.1) is 0 Å². The Balaban J connectivity index is 1.50. The van der Waals surface area contributed by atoms with E-state index in [0.717, 1.165) is 38.5 Å². The normalized spacial score (nSPS) is 21.3. The van der Waals surface area contributed by atoms with E-state index in [2.05, 4.69) is 5.32 Å². The van der Waals surface area contributed by atoms with Gasteiger partial charge in [-0.25, -0.2) is 4.79 Å². The van der Waals surface area contributed by atoms with E-state index in [-0.39, 0.29) is 30.2 Å². The maximum Gasteiger partial charge on any atom is 0.329 e. The van der Waals surface area contributed by atoms with E-state index in [4.69, 9.17) is 9.15 Å². The molecule has 2 heterocycles. The van der Waals surface area contributed by atoms with Gasteiger partial charge in [0.25, 0.3) is 11.8 Å². The number of hydrogen-bond acceptors (Lipinski definition) is 5. The van der Waals surface area contributed by atoms with Gasteiger partial charge < -0.3 is 19.4 Å². The van der Waals surface area contributed by atoms with Gasteiger partial charge in [-0.05, 0) is 44.2 Å². The molecule has 1 N–H and O–H groups in total. The minimum absolute atomic E-state index is 0.172. The molecule has 1 saturated heterocycles. The molecular weight excluding hydrogens is 348 g/mol. The van der Waals surface area contributed by atoms with Gasteiger partial charge in [-0.15, -0.1) is 0 Å². The molecule has 1 aromatic heterocycles. The van der Waals surface area contributed by atoms with Crippen molar-refractivity contribution in [1.82, 2.24) is 10.2 Å². The zero-order valence-corrected chi connectivity index (χ0v) is 15.7. The Bertz CT molecular complexity index is 635. The minimum atomic E-state index is -0.665. The van der Waals surface area contributed by atoms with Crippen molar-refractivity contribution in [2.45, 2.75) is 69.9 Å². The number of nitrogens with one attached hydrogen (secondary N) is 1. The number of likely N-dealkylation sites (tertiary alicyclic amines) is 1. The monoisotopic (exact) mass is 376 g/mol. The van der Waals surface area contributed by atoms with Crippen LogP contribution < -0.4 is 5.32 Å². The molecule has 0 radical (unpaired) electrons. The van der Waals surface area contributed by atoms with Crippen LogP contribution in [-0.4, -0.2) is 47.9 Å². The molecule has 2 aliphatic rings. The van der Waals surface area contributed by atoms with Gasteiger partial charge in [0.05, 0.1) is 6.26 Å². The number of nitrogens with zero attached hydrogens (tertiary/aromatic N) is 1. The van der Waals surface area contributed by atoms with Crippen LogP contribution in [0.3, 0.4) is 0 Å². The Labute approximate surface area is 159 Å². The first-order chi connectivity index (χ1) is 13.1. The quantitative estimate of drug-likeness (QED) is 0.630. The summed E-state index contributed by atoms with van der Waals surface area (Å²) in [6, 6.07) is 2.73. The lowest BCUT2D eigenvalue weighted by Gasteiger charge is -2.33. The van der Waals surface area contributed by atoms with Crippen molar-refractivity contribution in [3.05, 3.63) is 24.2 Å². The largest absolute Gasteiger partial charge is 0.459 e. The van der Waals surface area contributed by atoms with Crippen molar-refractivity contribution < 1.29 is 23.5 Å². The molecule has 2 amide bonds. The highest BCUT2D eigenvalue weighted by atomic mass is 16.5. The highest BCUT2D eigenvalue weighted by molar-refractivity contribution is 5.95. The van der Waals surface area contributed by atoms with E-state index in [1.807, 2.05) is 0 Å². The fraction of sp³-hybridized carbons (Fsp3) is 0.650. The minimum Gasteiger partial charge on any atom is -0.459 e. The molecule has 7 nitrogen and oxygen atoms in total. The molecule has 1 aliphatic carbocycles. The van der Waals surface area contributed by atoms with Crippen LogP contribution in [0.15, 0.2) is 22.8 Å². The van der Waals surface area contributed by atoms with Crippen LogP contribution in [0.25, 0.3) is 0 Å². The van der Waals surface area contributed by atoms with Crippen molar-refractivity contribution in [2.24, 2.45) is 0 Å². The Hall–Kier alpha value is -2.31. The van der Waals surface area contributed by atoms with E-state index in [0.29, 0.717) is 13.0 Å². The van der Waals surface area contributed by atoms with Crippen LogP contribution in [0.2, 0.25) is 0 Å². The van der Waals surface area contributed by atoms with Crippen LogP contribution >= 0.6 is 0 Å². The van der Waals surface area contributed by atoms with Crippen molar-refractivity contribution in [1.29, 1.82) is 0 Å². The fourth-order valence-electron chi connectivity index (χ4n) is 3.89. The molecule has 27 heavy (non-hydrogen) atoms. The molecule has 3 rings (SSSR count). The Kier molecular flexibility index (Phi) is 6.90. The standard InChI is InChI=1S/C20H28N2O5/c23-18(21-15-8-3-1-2-4-9-15)14-27-20(25)16-10-5-6-12-22(16)19(24)17-11-7-13-26-17/h7,11,13,15-16H,1-6,8-10,12,14H2,(H,21,23). The van der Waals surface area contributed by atoms with E-state index >= 15 is 0 Å². The number of carbonyl (C=O) groups excluding carboxylic acids is 3. The fourth-order valence-corrected chi connectivity index (χ4v) is 3.89. The lowest BCUT2D eigenvalue weighted by atomic mass is 10.0. The second-order valence-corrected chi connectivity index (χ2v) is 7.35. The SMILES string of the molecule is O=C(COC(=O)C1CCCCN1C(=O)c1ccco1)NC1CCCCCC1. The summed E-state index contributed by atoms with van der Waals surface area (Å²) in [5.74, 6) is -0.897. The highest BCUT2D eigenvalue weighted by Gasteiger charge is 2.35.